The second kappa shape index (κ2) is 3.16. The van der Waals surface area contributed by atoms with Crippen molar-refractivity contribution in [2.45, 2.75) is 32.1 Å². The first-order chi connectivity index (χ1) is 8.27. The van der Waals surface area contributed by atoms with E-state index in [1.165, 1.54) is 43.2 Å². The van der Waals surface area contributed by atoms with Crippen LogP contribution in [0.3, 0.4) is 0 Å². The van der Waals surface area contributed by atoms with Crippen molar-refractivity contribution >= 4 is 5.69 Å². The Morgan fingerprint density at radius 1 is 1.24 bits per heavy atom. The van der Waals surface area contributed by atoms with Crippen LogP contribution in [0, 0.1) is 17.3 Å². The summed E-state index contributed by atoms with van der Waals surface area (Å²) in [5, 5.41) is 0. The van der Waals surface area contributed by atoms with Gasteiger partial charge < -0.3 is 5.73 Å². The van der Waals surface area contributed by atoms with E-state index < -0.39 is 0 Å². The number of fused-ring (bicyclic) bond motifs is 4. The van der Waals surface area contributed by atoms with Gasteiger partial charge in [-0.05, 0) is 66.5 Å². The Hall–Kier alpha value is -1.24. The Morgan fingerprint density at radius 2 is 2.18 bits per heavy atom. The van der Waals surface area contributed by atoms with Crippen LogP contribution in [0.15, 0.2) is 30.4 Å². The molecule has 0 saturated heterocycles. The van der Waals surface area contributed by atoms with E-state index in [0.29, 0.717) is 5.41 Å². The Bertz CT molecular complexity index is 502. The third-order valence-electron chi connectivity index (χ3n) is 5.35. The summed E-state index contributed by atoms with van der Waals surface area (Å²) >= 11 is 0. The second-order valence-corrected chi connectivity index (χ2v) is 6.22. The molecule has 1 spiro atoms. The molecule has 0 aromatic heterocycles. The normalized spacial score (nSPS) is 37.6. The van der Waals surface area contributed by atoms with Crippen LogP contribution in [-0.2, 0) is 12.8 Å². The molecule has 88 valence electrons. The van der Waals surface area contributed by atoms with Crippen molar-refractivity contribution in [2.24, 2.45) is 17.3 Å². The largest absolute Gasteiger partial charge is 0.398 e. The van der Waals surface area contributed by atoms with Gasteiger partial charge in [-0.1, -0.05) is 24.3 Å². The predicted molar refractivity (Wildman–Crippen MR) is 70.7 cm³/mol. The standard InChI is InChI=1S/C16H19N/c17-15-3-1-2-12-10-16(7-6-14(12)15)9-11-4-5-13(16)8-11/h1-5,11,13H,6-10,17H2. The summed E-state index contributed by atoms with van der Waals surface area (Å²) < 4.78 is 0. The summed E-state index contributed by atoms with van der Waals surface area (Å²) in [6.07, 6.45) is 11.6. The minimum absolute atomic E-state index is 0.584. The molecular formula is C16H19N. The summed E-state index contributed by atoms with van der Waals surface area (Å²) in [4.78, 5) is 0. The molecule has 0 heterocycles. The summed E-state index contributed by atoms with van der Waals surface area (Å²) in [5.41, 5.74) is 10.6. The molecule has 0 radical (unpaired) electrons. The molecule has 1 nitrogen and oxygen atoms in total. The van der Waals surface area contributed by atoms with Gasteiger partial charge >= 0.3 is 0 Å². The molecule has 0 amide bonds. The van der Waals surface area contributed by atoms with Gasteiger partial charge in [0.05, 0.1) is 0 Å². The van der Waals surface area contributed by atoms with E-state index in [1.807, 2.05) is 0 Å². The fourth-order valence-electron chi connectivity index (χ4n) is 4.51. The SMILES string of the molecule is Nc1cccc2c1CCC1(C2)CC2C=CC1C2. The highest BCUT2D eigenvalue weighted by Gasteiger charge is 2.49. The van der Waals surface area contributed by atoms with Gasteiger partial charge in [-0.2, -0.15) is 0 Å². The Balaban J connectivity index is 1.74. The van der Waals surface area contributed by atoms with Crippen molar-refractivity contribution in [2.75, 3.05) is 5.73 Å². The van der Waals surface area contributed by atoms with Gasteiger partial charge in [0.1, 0.15) is 0 Å². The van der Waals surface area contributed by atoms with E-state index in [0.717, 1.165) is 17.5 Å². The lowest BCUT2D eigenvalue weighted by Gasteiger charge is -2.40. The van der Waals surface area contributed by atoms with E-state index >= 15 is 0 Å². The monoisotopic (exact) mass is 225 g/mol. The second-order valence-electron chi connectivity index (χ2n) is 6.22. The van der Waals surface area contributed by atoms with Crippen LogP contribution < -0.4 is 5.73 Å². The summed E-state index contributed by atoms with van der Waals surface area (Å²) in [6.45, 7) is 0. The Morgan fingerprint density at radius 3 is 2.94 bits per heavy atom. The quantitative estimate of drug-likeness (QED) is 0.532. The van der Waals surface area contributed by atoms with Gasteiger partial charge in [-0.3, -0.25) is 0 Å². The topological polar surface area (TPSA) is 26.0 Å². The van der Waals surface area contributed by atoms with E-state index in [1.54, 1.807) is 0 Å². The van der Waals surface area contributed by atoms with Gasteiger partial charge in [-0.15, -0.1) is 0 Å². The van der Waals surface area contributed by atoms with Crippen LogP contribution in [0.4, 0.5) is 5.69 Å². The first kappa shape index (κ1) is 9.76. The van der Waals surface area contributed by atoms with Crippen molar-refractivity contribution in [1.29, 1.82) is 0 Å². The van der Waals surface area contributed by atoms with E-state index in [-0.39, 0.29) is 0 Å². The van der Waals surface area contributed by atoms with E-state index in [4.69, 9.17) is 5.73 Å². The molecule has 1 fully saturated rings. The molecule has 1 saturated carbocycles. The summed E-state index contributed by atoms with van der Waals surface area (Å²) in [7, 11) is 0. The molecule has 0 aliphatic heterocycles. The molecular weight excluding hydrogens is 206 g/mol. The molecule has 3 aliphatic carbocycles. The average molecular weight is 225 g/mol. The lowest BCUT2D eigenvalue weighted by Crippen LogP contribution is -2.33. The van der Waals surface area contributed by atoms with Crippen molar-refractivity contribution in [3.63, 3.8) is 0 Å². The maximum absolute atomic E-state index is 6.09. The van der Waals surface area contributed by atoms with Crippen LogP contribution in [0.1, 0.15) is 30.4 Å². The molecule has 2 bridgehead atoms. The predicted octanol–water partition coefficient (Wildman–Crippen LogP) is 3.34. The number of nitrogen functional groups attached to an aromatic ring is 1. The number of benzene rings is 1. The highest BCUT2D eigenvalue weighted by Crippen LogP contribution is 2.58. The number of allylic oxidation sites excluding steroid dienone is 2. The first-order valence-electron chi connectivity index (χ1n) is 6.81. The van der Waals surface area contributed by atoms with Crippen molar-refractivity contribution in [3.8, 4) is 0 Å². The minimum atomic E-state index is 0.584. The molecule has 4 rings (SSSR count). The molecule has 1 aromatic rings. The Labute approximate surface area is 103 Å². The van der Waals surface area contributed by atoms with Gasteiger partial charge in [0, 0.05) is 5.69 Å². The molecule has 3 atom stereocenters. The van der Waals surface area contributed by atoms with E-state index in [2.05, 4.69) is 30.4 Å². The van der Waals surface area contributed by atoms with Crippen LogP contribution >= 0.6 is 0 Å². The van der Waals surface area contributed by atoms with Crippen molar-refractivity contribution in [3.05, 3.63) is 41.5 Å². The Kier molecular flexibility index (Phi) is 1.81. The minimum Gasteiger partial charge on any atom is -0.398 e. The molecule has 2 N–H and O–H groups in total. The number of hydrogen-bond acceptors (Lipinski definition) is 1. The molecule has 3 aliphatic rings. The van der Waals surface area contributed by atoms with E-state index in [9.17, 15) is 0 Å². The van der Waals surface area contributed by atoms with Crippen LogP contribution in [0.25, 0.3) is 0 Å². The fourth-order valence-corrected chi connectivity index (χ4v) is 4.51. The average Bonchev–Trinajstić information content (AvgIpc) is 2.89. The fraction of sp³-hybridized carbons (Fsp3) is 0.500. The van der Waals surface area contributed by atoms with Gasteiger partial charge in [0.2, 0.25) is 0 Å². The number of nitrogens with two attached hydrogens (primary N) is 1. The number of hydrogen-bond donors (Lipinski definition) is 1. The first-order valence-corrected chi connectivity index (χ1v) is 6.81. The lowest BCUT2D eigenvalue weighted by atomic mass is 9.64. The third kappa shape index (κ3) is 1.25. The maximum atomic E-state index is 6.09. The van der Waals surface area contributed by atoms with Crippen LogP contribution in [0.5, 0.6) is 0 Å². The number of anilines is 1. The zero-order valence-corrected chi connectivity index (χ0v) is 10.2. The highest BCUT2D eigenvalue weighted by atomic mass is 14.6. The van der Waals surface area contributed by atoms with Crippen molar-refractivity contribution < 1.29 is 0 Å². The summed E-state index contributed by atoms with van der Waals surface area (Å²) in [6, 6.07) is 6.47. The van der Waals surface area contributed by atoms with Crippen molar-refractivity contribution in [1.82, 2.24) is 0 Å². The van der Waals surface area contributed by atoms with Gasteiger partial charge in [-0.25, -0.2) is 0 Å². The third-order valence-corrected chi connectivity index (χ3v) is 5.35. The summed E-state index contributed by atoms with van der Waals surface area (Å²) in [5.74, 6) is 1.73. The maximum Gasteiger partial charge on any atom is 0.0349 e. The molecule has 17 heavy (non-hydrogen) atoms. The van der Waals surface area contributed by atoms with Gasteiger partial charge in [0.25, 0.3) is 0 Å². The zero-order valence-electron chi connectivity index (χ0n) is 10.2. The lowest BCUT2D eigenvalue weighted by molar-refractivity contribution is 0.195. The van der Waals surface area contributed by atoms with Crippen LogP contribution in [-0.4, -0.2) is 0 Å². The molecule has 3 unspecified atom stereocenters. The highest BCUT2D eigenvalue weighted by molar-refractivity contribution is 5.52. The van der Waals surface area contributed by atoms with Gasteiger partial charge in [0.15, 0.2) is 0 Å². The molecule has 1 aromatic carbocycles. The molecule has 1 heteroatoms. The number of rotatable bonds is 0. The van der Waals surface area contributed by atoms with Crippen LogP contribution in [0.2, 0.25) is 0 Å². The smallest absolute Gasteiger partial charge is 0.0349 e. The zero-order chi connectivity index (χ0) is 11.5.